The van der Waals surface area contributed by atoms with Crippen molar-refractivity contribution in [2.75, 3.05) is 39.6 Å². The summed E-state index contributed by atoms with van der Waals surface area (Å²) >= 11 is 0. The number of phosphoric ester groups is 2. The van der Waals surface area contributed by atoms with Gasteiger partial charge in [-0.25, -0.2) is 9.13 Å². The second-order valence-corrected chi connectivity index (χ2v) is 28.3. The van der Waals surface area contributed by atoms with Gasteiger partial charge in [0.05, 0.1) is 26.4 Å². The lowest BCUT2D eigenvalue weighted by molar-refractivity contribution is -0.161. The molecule has 0 aliphatic rings. The van der Waals surface area contributed by atoms with Crippen LogP contribution in [0.1, 0.15) is 312 Å². The Labute approximate surface area is 511 Å². The Hall–Kier alpha value is -1.94. The van der Waals surface area contributed by atoms with Crippen molar-refractivity contribution in [2.24, 2.45) is 23.7 Å². The molecule has 0 aliphatic heterocycles. The molecule has 84 heavy (non-hydrogen) atoms. The van der Waals surface area contributed by atoms with Crippen molar-refractivity contribution < 1.29 is 80.2 Å². The van der Waals surface area contributed by atoms with Crippen molar-refractivity contribution in [1.82, 2.24) is 0 Å². The van der Waals surface area contributed by atoms with Gasteiger partial charge in [0.1, 0.15) is 19.3 Å². The molecule has 3 unspecified atom stereocenters. The Morgan fingerprint density at radius 1 is 0.298 bits per heavy atom. The number of carbonyl (C=O) groups is 4. The Bertz CT molecular complexity index is 1680. The van der Waals surface area contributed by atoms with Gasteiger partial charge in [-0.05, 0) is 49.4 Å². The fourth-order valence-electron chi connectivity index (χ4n) is 9.61. The van der Waals surface area contributed by atoms with Crippen LogP contribution < -0.4 is 0 Å². The Kier molecular flexibility index (Phi) is 53.9. The first-order chi connectivity index (χ1) is 40.1. The number of aliphatic hydroxyl groups is 1. The molecule has 0 aromatic heterocycles. The molecule has 0 bridgehead atoms. The van der Waals surface area contributed by atoms with E-state index in [1.807, 2.05) is 0 Å². The molecule has 19 heteroatoms. The van der Waals surface area contributed by atoms with Gasteiger partial charge in [0.15, 0.2) is 12.2 Å². The van der Waals surface area contributed by atoms with E-state index >= 15 is 0 Å². The van der Waals surface area contributed by atoms with Gasteiger partial charge in [-0.15, -0.1) is 0 Å². The highest BCUT2D eigenvalue weighted by Gasteiger charge is 2.30. The summed E-state index contributed by atoms with van der Waals surface area (Å²) in [6, 6.07) is 0. The van der Waals surface area contributed by atoms with Gasteiger partial charge in [-0.3, -0.25) is 37.3 Å². The number of aliphatic hydroxyl groups excluding tert-OH is 1. The summed E-state index contributed by atoms with van der Waals surface area (Å²) in [5, 5.41) is 10.5. The van der Waals surface area contributed by atoms with Crippen LogP contribution in [0.25, 0.3) is 0 Å². The third-order valence-corrected chi connectivity index (χ3v) is 16.7. The predicted molar refractivity (Wildman–Crippen MR) is 335 cm³/mol. The van der Waals surface area contributed by atoms with Crippen LogP contribution in [-0.2, 0) is 65.4 Å². The van der Waals surface area contributed by atoms with Crippen LogP contribution >= 0.6 is 15.6 Å². The summed E-state index contributed by atoms with van der Waals surface area (Å²) in [5.41, 5.74) is 0. The minimum atomic E-state index is -4.95. The molecule has 0 saturated carbocycles. The topological polar surface area (TPSA) is 237 Å². The quantitative estimate of drug-likeness (QED) is 0.0222. The van der Waals surface area contributed by atoms with Gasteiger partial charge in [-0.1, -0.05) is 261 Å². The van der Waals surface area contributed by atoms with E-state index in [-0.39, 0.29) is 25.7 Å². The summed E-state index contributed by atoms with van der Waals surface area (Å²) in [4.78, 5) is 72.2. The molecular formula is C65H126O17P2. The molecule has 0 saturated heterocycles. The first-order valence-corrected chi connectivity index (χ1v) is 36.7. The van der Waals surface area contributed by atoms with Gasteiger partial charge in [-0.2, -0.15) is 0 Å². The lowest BCUT2D eigenvalue weighted by Crippen LogP contribution is -2.30. The number of phosphoric acid groups is 2. The Morgan fingerprint density at radius 2 is 0.500 bits per heavy atom. The largest absolute Gasteiger partial charge is 0.472 e. The third-order valence-electron chi connectivity index (χ3n) is 14.8. The zero-order valence-electron chi connectivity index (χ0n) is 54.5. The molecule has 498 valence electrons. The van der Waals surface area contributed by atoms with E-state index in [0.717, 1.165) is 108 Å². The number of esters is 4. The fourth-order valence-corrected chi connectivity index (χ4v) is 11.2. The second kappa shape index (κ2) is 55.2. The smallest absolute Gasteiger partial charge is 0.462 e. The minimum absolute atomic E-state index is 0.102. The molecular weight excluding hydrogens is 1110 g/mol. The first kappa shape index (κ1) is 82.1. The monoisotopic (exact) mass is 1240 g/mol. The molecule has 5 atom stereocenters. The van der Waals surface area contributed by atoms with Gasteiger partial charge in [0, 0.05) is 25.7 Å². The number of ether oxygens (including phenoxy) is 4. The SMILES string of the molecule is CC(C)CCCCCCCCCCCCCC(=O)O[C@H](COC(=O)CCCCCCCCC(C)C)COP(=O)(O)OCC(O)COP(=O)(O)OC[C@@H](COC(=O)CCCCCCCCCCC(C)C)OC(=O)CCCCCCCCCC(C)C. The van der Waals surface area contributed by atoms with Crippen LogP contribution in [0.15, 0.2) is 0 Å². The maximum Gasteiger partial charge on any atom is 0.472 e. The average Bonchev–Trinajstić information content (AvgIpc) is 3.50. The molecule has 0 fully saturated rings. The van der Waals surface area contributed by atoms with Crippen LogP contribution in [0, 0.1) is 23.7 Å². The maximum atomic E-state index is 13.0. The van der Waals surface area contributed by atoms with Gasteiger partial charge < -0.3 is 33.8 Å². The predicted octanol–water partition coefficient (Wildman–Crippen LogP) is 17.8. The summed E-state index contributed by atoms with van der Waals surface area (Å²) in [7, 11) is -9.89. The van der Waals surface area contributed by atoms with Gasteiger partial charge >= 0.3 is 39.5 Å². The summed E-state index contributed by atoms with van der Waals surface area (Å²) < 4.78 is 68.0. The highest BCUT2D eigenvalue weighted by molar-refractivity contribution is 7.47. The average molecular weight is 1240 g/mol. The van der Waals surface area contributed by atoms with Crippen molar-refractivity contribution in [3.05, 3.63) is 0 Å². The molecule has 0 aromatic carbocycles. The second-order valence-electron chi connectivity index (χ2n) is 25.4. The molecule has 0 spiro atoms. The lowest BCUT2D eigenvalue weighted by Gasteiger charge is -2.21. The standard InChI is InChI=1S/C65H126O17P2/c1-55(2)41-33-25-17-12-10-9-11-13-21-31-39-47-64(69)81-61(52-76-63(68)46-38-30-24-23-28-36-44-58(7)8)54-80-84(73,74)78-50-59(66)49-77-83(71,72)79-53-60(82-65(70)48-40-32-22-16-19-27-35-43-57(5)6)51-75-62(67)45-37-29-20-15-14-18-26-34-42-56(3)4/h55-61,66H,9-54H2,1-8H3,(H,71,72)(H,73,74)/t59?,60-,61-/m1/s1. The van der Waals surface area contributed by atoms with Crippen LogP contribution in [0.2, 0.25) is 0 Å². The van der Waals surface area contributed by atoms with Crippen LogP contribution in [-0.4, -0.2) is 96.7 Å². The minimum Gasteiger partial charge on any atom is -0.462 e. The van der Waals surface area contributed by atoms with Crippen molar-refractivity contribution in [3.63, 3.8) is 0 Å². The van der Waals surface area contributed by atoms with Crippen molar-refractivity contribution in [1.29, 1.82) is 0 Å². The Balaban J connectivity index is 5.24. The highest BCUT2D eigenvalue weighted by atomic mass is 31.2. The lowest BCUT2D eigenvalue weighted by atomic mass is 10.0. The maximum absolute atomic E-state index is 13.0. The number of rotatable bonds is 62. The third kappa shape index (κ3) is 59.0. The number of carbonyl (C=O) groups excluding carboxylic acids is 4. The number of unbranched alkanes of at least 4 members (excludes halogenated alkanes) is 28. The highest BCUT2D eigenvalue weighted by Crippen LogP contribution is 2.45. The molecule has 0 rings (SSSR count). The van der Waals surface area contributed by atoms with E-state index < -0.39 is 97.5 Å². The zero-order chi connectivity index (χ0) is 62.5. The van der Waals surface area contributed by atoms with Crippen molar-refractivity contribution in [2.45, 2.75) is 331 Å². The molecule has 0 amide bonds. The number of hydrogen-bond donors (Lipinski definition) is 3. The normalized spacial score (nSPS) is 14.4. The molecule has 0 aromatic rings. The van der Waals surface area contributed by atoms with Gasteiger partial charge in [0.2, 0.25) is 0 Å². The zero-order valence-corrected chi connectivity index (χ0v) is 56.3. The van der Waals surface area contributed by atoms with Crippen LogP contribution in [0.3, 0.4) is 0 Å². The number of hydrogen-bond acceptors (Lipinski definition) is 15. The van der Waals surface area contributed by atoms with Crippen LogP contribution in [0.5, 0.6) is 0 Å². The van der Waals surface area contributed by atoms with Crippen molar-refractivity contribution in [3.8, 4) is 0 Å². The van der Waals surface area contributed by atoms with E-state index in [1.165, 1.54) is 109 Å². The summed E-state index contributed by atoms with van der Waals surface area (Å²) in [6.45, 7) is 13.9. The summed E-state index contributed by atoms with van der Waals surface area (Å²) in [5.74, 6) is 0.726. The molecule has 0 radical (unpaired) electrons. The first-order valence-electron chi connectivity index (χ1n) is 33.7. The molecule has 0 aliphatic carbocycles. The van der Waals surface area contributed by atoms with E-state index in [0.29, 0.717) is 37.5 Å². The van der Waals surface area contributed by atoms with E-state index in [4.69, 9.17) is 37.0 Å². The molecule has 0 heterocycles. The van der Waals surface area contributed by atoms with Crippen LogP contribution in [0.4, 0.5) is 0 Å². The van der Waals surface area contributed by atoms with E-state index in [2.05, 4.69) is 55.4 Å². The summed E-state index contributed by atoms with van der Waals surface area (Å²) in [6.07, 6.45) is 35.1. The van der Waals surface area contributed by atoms with E-state index in [1.54, 1.807) is 0 Å². The Morgan fingerprint density at radius 3 is 0.738 bits per heavy atom. The van der Waals surface area contributed by atoms with Crippen molar-refractivity contribution >= 4 is 39.5 Å². The van der Waals surface area contributed by atoms with Gasteiger partial charge in [0.25, 0.3) is 0 Å². The molecule has 3 N–H and O–H groups in total. The molecule has 17 nitrogen and oxygen atoms in total. The van der Waals surface area contributed by atoms with E-state index in [9.17, 15) is 43.2 Å². The fraction of sp³-hybridized carbons (Fsp3) is 0.938.